The fourth-order valence-electron chi connectivity index (χ4n) is 2.31. The van der Waals surface area contributed by atoms with Gasteiger partial charge in [-0.05, 0) is 42.5 Å². The number of thiophene rings is 1. The molecule has 0 bridgehead atoms. The maximum atomic E-state index is 5.08. The van der Waals surface area contributed by atoms with E-state index in [9.17, 15) is 0 Å². The molecule has 2 nitrogen and oxygen atoms in total. The van der Waals surface area contributed by atoms with Gasteiger partial charge >= 0.3 is 0 Å². The zero-order valence-electron chi connectivity index (χ0n) is 12.0. The molecule has 18 heavy (non-hydrogen) atoms. The standard InChI is InChI=1S/C15H27NOS/c1-4-15(5-2,13-16-10-11-17-3)9-8-14-7-6-12-18-14/h6-7,12,16H,4-5,8-11,13H2,1-3H3. The topological polar surface area (TPSA) is 21.3 Å². The van der Waals surface area contributed by atoms with E-state index < -0.39 is 0 Å². The smallest absolute Gasteiger partial charge is 0.0587 e. The summed E-state index contributed by atoms with van der Waals surface area (Å²) in [5, 5.41) is 5.71. The van der Waals surface area contributed by atoms with Crippen LogP contribution in [0.5, 0.6) is 0 Å². The third kappa shape index (κ3) is 5.09. The highest BCUT2D eigenvalue weighted by Crippen LogP contribution is 2.32. The number of methoxy groups -OCH3 is 1. The fraction of sp³-hybridized carbons (Fsp3) is 0.733. The second-order valence-corrected chi connectivity index (χ2v) is 5.99. The summed E-state index contributed by atoms with van der Waals surface area (Å²) in [4.78, 5) is 1.51. The van der Waals surface area contributed by atoms with Gasteiger partial charge in [-0.15, -0.1) is 11.3 Å². The molecule has 1 rings (SSSR count). The van der Waals surface area contributed by atoms with Gasteiger partial charge in [0.05, 0.1) is 6.61 Å². The van der Waals surface area contributed by atoms with E-state index in [-0.39, 0.29) is 0 Å². The molecule has 3 heteroatoms. The van der Waals surface area contributed by atoms with Crippen molar-refractivity contribution in [3.05, 3.63) is 22.4 Å². The van der Waals surface area contributed by atoms with Gasteiger partial charge in [0.1, 0.15) is 0 Å². The molecule has 0 amide bonds. The quantitative estimate of drug-likeness (QED) is 0.654. The van der Waals surface area contributed by atoms with Gasteiger partial charge in [0.15, 0.2) is 0 Å². The number of hydrogen-bond acceptors (Lipinski definition) is 3. The van der Waals surface area contributed by atoms with Crippen molar-refractivity contribution in [1.29, 1.82) is 0 Å². The van der Waals surface area contributed by atoms with Crippen molar-refractivity contribution in [2.75, 3.05) is 26.8 Å². The molecule has 1 heterocycles. The van der Waals surface area contributed by atoms with E-state index in [1.54, 1.807) is 7.11 Å². The zero-order chi connectivity index (χ0) is 13.3. The number of ether oxygens (including phenoxy) is 1. The second kappa shape index (κ2) is 8.68. The molecule has 0 radical (unpaired) electrons. The first kappa shape index (κ1) is 15.7. The van der Waals surface area contributed by atoms with Crippen molar-refractivity contribution in [2.45, 2.75) is 39.5 Å². The maximum Gasteiger partial charge on any atom is 0.0587 e. The Kier molecular flexibility index (Phi) is 7.56. The molecule has 0 aliphatic carbocycles. The Labute approximate surface area is 116 Å². The molecule has 1 N–H and O–H groups in total. The Hall–Kier alpha value is -0.380. The lowest BCUT2D eigenvalue weighted by Gasteiger charge is -2.32. The summed E-state index contributed by atoms with van der Waals surface area (Å²) in [5.74, 6) is 0. The van der Waals surface area contributed by atoms with Crippen LogP contribution in [0.3, 0.4) is 0 Å². The zero-order valence-corrected chi connectivity index (χ0v) is 12.8. The fourth-order valence-corrected chi connectivity index (χ4v) is 3.02. The number of rotatable bonds is 10. The molecule has 0 aliphatic heterocycles. The van der Waals surface area contributed by atoms with E-state index >= 15 is 0 Å². The van der Waals surface area contributed by atoms with Gasteiger partial charge in [0.2, 0.25) is 0 Å². The van der Waals surface area contributed by atoms with Crippen LogP contribution >= 0.6 is 11.3 Å². The predicted octanol–water partition coefficient (Wildman–Crippen LogP) is 3.72. The molecule has 0 atom stereocenters. The third-order valence-electron chi connectivity index (χ3n) is 3.96. The highest BCUT2D eigenvalue weighted by Gasteiger charge is 2.25. The van der Waals surface area contributed by atoms with Crippen LogP contribution in [0.25, 0.3) is 0 Å². The van der Waals surface area contributed by atoms with Crippen LogP contribution in [0.1, 0.15) is 38.0 Å². The Bertz CT molecular complexity index is 293. The molecule has 1 aromatic heterocycles. The first-order valence-electron chi connectivity index (χ1n) is 6.98. The summed E-state index contributed by atoms with van der Waals surface area (Å²) in [6.07, 6.45) is 4.98. The van der Waals surface area contributed by atoms with Crippen LogP contribution in [0.15, 0.2) is 17.5 Å². The van der Waals surface area contributed by atoms with E-state index in [1.165, 1.54) is 30.6 Å². The van der Waals surface area contributed by atoms with Crippen molar-refractivity contribution < 1.29 is 4.74 Å². The lowest BCUT2D eigenvalue weighted by atomic mass is 9.78. The molecular weight excluding hydrogens is 242 g/mol. The maximum absolute atomic E-state index is 5.08. The van der Waals surface area contributed by atoms with E-state index in [1.807, 2.05) is 11.3 Å². The lowest BCUT2D eigenvalue weighted by molar-refractivity contribution is 0.182. The van der Waals surface area contributed by atoms with Gasteiger partial charge in [-0.3, -0.25) is 0 Å². The van der Waals surface area contributed by atoms with E-state index in [4.69, 9.17) is 4.74 Å². The van der Waals surface area contributed by atoms with Crippen LogP contribution in [0, 0.1) is 5.41 Å². The summed E-state index contributed by atoms with van der Waals surface area (Å²) in [7, 11) is 1.76. The third-order valence-corrected chi connectivity index (χ3v) is 4.90. The summed E-state index contributed by atoms with van der Waals surface area (Å²) < 4.78 is 5.08. The number of nitrogens with one attached hydrogen (secondary N) is 1. The minimum absolute atomic E-state index is 0.442. The van der Waals surface area contributed by atoms with E-state index in [2.05, 4.69) is 36.7 Å². The van der Waals surface area contributed by atoms with Gasteiger partial charge in [0.25, 0.3) is 0 Å². The van der Waals surface area contributed by atoms with Gasteiger partial charge in [-0.25, -0.2) is 0 Å². The Balaban J connectivity index is 2.40. The molecule has 0 spiro atoms. The average Bonchev–Trinajstić information content (AvgIpc) is 2.92. The molecule has 104 valence electrons. The molecular formula is C15H27NOS. The second-order valence-electron chi connectivity index (χ2n) is 4.96. The molecule has 0 aromatic carbocycles. The van der Waals surface area contributed by atoms with Gasteiger partial charge in [0, 0.05) is 25.1 Å². The molecule has 0 fully saturated rings. The highest BCUT2D eigenvalue weighted by molar-refractivity contribution is 7.09. The Morgan fingerprint density at radius 3 is 2.67 bits per heavy atom. The van der Waals surface area contributed by atoms with Crippen LogP contribution in [-0.2, 0) is 11.2 Å². The van der Waals surface area contributed by atoms with Crippen molar-refractivity contribution in [2.24, 2.45) is 5.41 Å². The number of hydrogen-bond donors (Lipinski definition) is 1. The monoisotopic (exact) mass is 269 g/mol. The molecule has 1 aromatic rings. The van der Waals surface area contributed by atoms with Crippen LogP contribution in [0.4, 0.5) is 0 Å². The van der Waals surface area contributed by atoms with E-state index in [0.717, 1.165) is 19.7 Å². The first-order chi connectivity index (χ1) is 8.76. The summed E-state index contributed by atoms with van der Waals surface area (Å²) in [6, 6.07) is 4.40. The summed E-state index contributed by atoms with van der Waals surface area (Å²) in [5.41, 5.74) is 0.442. The summed E-state index contributed by atoms with van der Waals surface area (Å²) in [6.45, 7) is 7.49. The van der Waals surface area contributed by atoms with Crippen molar-refractivity contribution in [1.82, 2.24) is 5.32 Å². The van der Waals surface area contributed by atoms with E-state index in [0.29, 0.717) is 5.41 Å². The van der Waals surface area contributed by atoms with Crippen LogP contribution < -0.4 is 5.32 Å². The minimum Gasteiger partial charge on any atom is -0.383 e. The minimum atomic E-state index is 0.442. The molecule has 0 unspecified atom stereocenters. The average molecular weight is 269 g/mol. The van der Waals surface area contributed by atoms with Crippen molar-refractivity contribution in [3.63, 3.8) is 0 Å². The SMILES string of the molecule is CCC(CC)(CCc1cccs1)CNCCOC. The predicted molar refractivity (Wildman–Crippen MR) is 80.4 cm³/mol. The van der Waals surface area contributed by atoms with Crippen LogP contribution in [-0.4, -0.2) is 26.8 Å². The van der Waals surface area contributed by atoms with Gasteiger partial charge < -0.3 is 10.1 Å². The van der Waals surface area contributed by atoms with Crippen molar-refractivity contribution >= 4 is 11.3 Å². The van der Waals surface area contributed by atoms with Crippen LogP contribution in [0.2, 0.25) is 0 Å². The molecule has 0 saturated heterocycles. The largest absolute Gasteiger partial charge is 0.383 e. The highest BCUT2D eigenvalue weighted by atomic mass is 32.1. The first-order valence-corrected chi connectivity index (χ1v) is 7.86. The molecule has 0 aliphatic rings. The molecule has 0 saturated carbocycles. The van der Waals surface area contributed by atoms with Gasteiger partial charge in [-0.1, -0.05) is 19.9 Å². The summed E-state index contributed by atoms with van der Waals surface area (Å²) >= 11 is 1.88. The Morgan fingerprint density at radius 1 is 1.33 bits per heavy atom. The Morgan fingerprint density at radius 2 is 2.11 bits per heavy atom. The normalized spacial score (nSPS) is 11.9. The number of aryl methyl sites for hydroxylation is 1. The lowest BCUT2D eigenvalue weighted by Crippen LogP contribution is -2.35. The van der Waals surface area contributed by atoms with Crippen molar-refractivity contribution in [3.8, 4) is 0 Å². The van der Waals surface area contributed by atoms with Gasteiger partial charge in [-0.2, -0.15) is 0 Å².